The van der Waals surface area contributed by atoms with Crippen molar-refractivity contribution >= 4 is 47.9 Å². The Hall–Kier alpha value is -6.61. The molecular formula is C51H74F3N7O12. The predicted octanol–water partition coefficient (Wildman–Crippen LogP) is 5.92. The molecule has 0 bridgehead atoms. The number of likely N-dealkylation sites (tertiary alicyclic amines) is 1. The van der Waals surface area contributed by atoms with Gasteiger partial charge < -0.3 is 55.7 Å². The van der Waals surface area contributed by atoms with E-state index in [0.717, 1.165) is 7.11 Å². The van der Waals surface area contributed by atoms with Gasteiger partial charge in [-0.1, -0.05) is 60.7 Å². The fourth-order valence-corrected chi connectivity index (χ4v) is 7.60. The average molecular weight is 1030 g/mol. The molecule has 2 aromatic rings. The summed E-state index contributed by atoms with van der Waals surface area (Å²) in [5.41, 5.74) is -3.04. The molecule has 7 amide bonds. The molecule has 406 valence electrons. The summed E-state index contributed by atoms with van der Waals surface area (Å²) in [6, 6.07) is 10.9. The molecule has 0 aromatic heterocycles. The molecule has 0 radical (unpaired) electrons. The Morgan fingerprint density at radius 1 is 0.575 bits per heavy atom. The number of amides is 7. The van der Waals surface area contributed by atoms with Crippen molar-refractivity contribution in [2.75, 3.05) is 26.7 Å². The third-order valence-electron chi connectivity index (χ3n) is 11.0. The van der Waals surface area contributed by atoms with Gasteiger partial charge in [-0.05, 0) is 112 Å². The van der Waals surface area contributed by atoms with Gasteiger partial charge in [0.1, 0.15) is 46.5 Å². The van der Waals surface area contributed by atoms with Crippen LogP contribution in [0.3, 0.4) is 0 Å². The Balaban J connectivity index is 1.96. The number of halogens is 3. The smallest absolute Gasteiger partial charge is 0.408 e. The summed E-state index contributed by atoms with van der Waals surface area (Å²) in [7, 11) is 1.14. The molecule has 4 atom stereocenters. The van der Waals surface area contributed by atoms with Crippen LogP contribution in [0.2, 0.25) is 0 Å². The first-order chi connectivity index (χ1) is 33.9. The Morgan fingerprint density at radius 2 is 1.01 bits per heavy atom. The molecule has 1 fully saturated rings. The second kappa shape index (κ2) is 26.9. The molecule has 22 heteroatoms. The van der Waals surface area contributed by atoms with Gasteiger partial charge in [0.2, 0.25) is 23.6 Å². The van der Waals surface area contributed by atoms with Gasteiger partial charge in [0.25, 0.3) is 0 Å². The Morgan fingerprint density at radius 3 is 1.49 bits per heavy atom. The van der Waals surface area contributed by atoms with Crippen LogP contribution in [0.25, 0.3) is 0 Å². The number of alkyl halides is 3. The van der Waals surface area contributed by atoms with Crippen LogP contribution >= 0.6 is 0 Å². The number of nitrogens with zero attached hydrogens (tertiary/aromatic N) is 1. The number of hydrogen-bond acceptors (Lipinski definition) is 12. The molecule has 1 saturated heterocycles. The lowest BCUT2D eigenvalue weighted by Crippen LogP contribution is -2.63. The summed E-state index contributed by atoms with van der Waals surface area (Å²) >= 11 is 0. The molecule has 4 unspecified atom stereocenters. The first-order valence-corrected chi connectivity index (χ1v) is 24.3. The zero-order valence-electron chi connectivity index (χ0n) is 43.5. The highest BCUT2D eigenvalue weighted by Gasteiger charge is 2.46. The second-order valence-corrected chi connectivity index (χ2v) is 20.9. The van der Waals surface area contributed by atoms with Crippen molar-refractivity contribution in [3.63, 3.8) is 0 Å². The van der Waals surface area contributed by atoms with Crippen molar-refractivity contribution < 1.29 is 70.5 Å². The maximum absolute atomic E-state index is 14.4. The lowest BCUT2D eigenvalue weighted by Gasteiger charge is -2.41. The zero-order chi connectivity index (χ0) is 54.8. The highest BCUT2D eigenvalue weighted by atomic mass is 19.4. The monoisotopic (exact) mass is 1030 g/mol. The number of ether oxygens (including phenoxy) is 4. The molecule has 1 aliphatic heterocycles. The fourth-order valence-electron chi connectivity index (χ4n) is 7.60. The number of hydrogen-bond donors (Lipinski definition) is 6. The third kappa shape index (κ3) is 22.8. The van der Waals surface area contributed by atoms with Crippen molar-refractivity contribution in [2.45, 2.75) is 173 Å². The Labute approximate surface area is 425 Å². The van der Waals surface area contributed by atoms with Crippen molar-refractivity contribution in [3.05, 3.63) is 71.8 Å². The van der Waals surface area contributed by atoms with Crippen molar-refractivity contribution in [3.8, 4) is 0 Å². The van der Waals surface area contributed by atoms with Crippen molar-refractivity contribution in [2.24, 2.45) is 0 Å². The number of unbranched alkanes of at least 4 members (excludes halogenated alkanes) is 1. The van der Waals surface area contributed by atoms with E-state index in [9.17, 15) is 51.5 Å². The number of nitrogens with one attached hydrogen (secondary N) is 6. The number of piperidine rings is 1. The van der Waals surface area contributed by atoms with Crippen LogP contribution in [0.4, 0.5) is 27.6 Å². The quantitative estimate of drug-likeness (QED) is 0.0485. The van der Waals surface area contributed by atoms with Crippen LogP contribution in [0.5, 0.6) is 0 Å². The Kier molecular flexibility index (Phi) is 22.4. The molecule has 19 nitrogen and oxygen atoms in total. The molecule has 0 spiro atoms. The minimum atomic E-state index is -4.79. The normalized spacial score (nSPS) is 15.4. The maximum atomic E-state index is 14.4. The van der Waals surface area contributed by atoms with E-state index in [1.165, 1.54) is 4.90 Å². The van der Waals surface area contributed by atoms with E-state index in [4.69, 9.17) is 18.9 Å². The first-order valence-electron chi connectivity index (χ1n) is 24.3. The molecule has 0 saturated carbocycles. The van der Waals surface area contributed by atoms with Crippen LogP contribution in [0, 0.1) is 0 Å². The van der Waals surface area contributed by atoms with Crippen LogP contribution in [0.15, 0.2) is 60.7 Å². The number of rotatable bonds is 21. The third-order valence-corrected chi connectivity index (χ3v) is 11.0. The van der Waals surface area contributed by atoms with Gasteiger partial charge >= 0.3 is 30.4 Å². The van der Waals surface area contributed by atoms with E-state index in [2.05, 4.69) is 31.9 Å². The molecular weight excluding hydrogens is 960 g/mol. The lowest BCUT2D eigenvalue weighted by atomic mass is 9.87. The first kappa shape index (κ1) is 60.7. The number of esters is 1. The number of carbonyl (C=O) groups excluding carboxylic acids is 8. The standard InChI is InChI=1S/C51H74F3N7O12/c1-47(2,3)71-44(67)55-28-18-17-23-36(42(65)61-29-26-50(27-30-61,43(66)70-10)60-46(69)73-49(7,8)9)57-39(62)35(24-25-51(52,53)54)56-40(63)37(31-33-19-13-11-14-20-33)58-41(64)38(32-34-21-15-12-16-22-34)59-45(68)72-48(4,5)6/h11-16,19-22,35-38H,17-18,23-32H2,1-10H3,(H,55,67)(H,56,63)(H,57,62)(H,58,64)(H,59,68)(H,60,69). The number of carbonyl (C=O) groups is 8. The van der Waals surface area contributed by atoms with E-state index in [0.29, 0.717) is 11.1 Å². The minimum absolute atomic E-state index is 0.0460. The van der Waals surface area contributed by atoms with E-state index >= 15 is 0 Å². The van der Waals surface area contributed by atoms with Gasteiger partial charge in [-0.15, -0.1) is 0 Å². The maximum Gasteiger partial charge on any atom is 0.408 e. The van der Waals surface area contributed by atoms with Crippen LogP contribution < -0.4 is 31.9 Å². The SMILES string of the molecule is COC(=O)C1(NC(=O)OC(C)(C)C)CCN(C(=O)C(CCCCNC(=O)OC(C)(C)C)NC(=O)C(CCC(F)(F)F)NC(=O)C(Cc2ccccc2)NC(=O)C(Cc2ccccc2)NC(=O)OC(C)(C)C)CC1. The van der Waals surface area contributed by atoms with Crippen LogP contribution in [-0.4, -0.2) is 132 Å². The number of alkyl carbamates (subject to hydrolysis) is 3. The highest BCUT2D eigenvalue weighted by Crippen LogP contribution is 2.27. The highest BCUT2D eigenvalue weighted by molar-refractivity contribution is 5.96. The molecule has 2 aromatic carbocycles. The van der Waals surface area contributed by atoms with Gasteiger partial charge in [0, 0.05) is 38.9 Å². The Bertz CT molecular complexity index is 2170. The van der Waals surface area contributed by atoms with Gasteiger partial charge in [0.05, 0.1) is 7.11 Å². The van der Waals surface area contributed by atoms with E-state index in [1.807, 2.05) is 0 Å². The topological polar surface area (TPSA) is 249 Å². The average Bonchev–Trinajstić information content (AvgIpc) is 3.27. The molecule has 3 rings (SSSR count). The summed E-state index contributed by atoms with van der Waals surface area (Å²) in [6.07, 6.45) is -9.93. The van der Waals surface area contributed by atoms with Gasteiger partial charge in [0.15, 0.2) is 0 Å². The molecule has 6 N–H and O–H groups in total. The van der Waals surface area contributed by atoms with Crippen LogP contribution in [-0.2, 0) is 55.8 Å². The van der Waals surface area contributed by atoms with Crippen molar-refractivity contribution in [1.29, 1.82) is 0 Å². The molecule has 1 heterocycles. The summed E-state index contributed by atoms with van der Waals surface area (Å²) in [4.78, 5) is 110. The van der Waals surface area contributed by atoms with Gasteiger partial charge in [-0.25, -0.2) is 19.2 Å². The zero-order valence-corrected chi connectivity index (χ0v) is 43.5. The second-order valence-electron chi connectivity index (χ2n) is 20.9. The number of methoxy groups -OCH3 is 1. The molecule has 0 aliphatic carbocycles. The van der Waals surface area contributed by atoms with E-state index < -0.39 is 113 Å². The van der Waals surface area contributed by atoms with E-state index in [1.54, 1.807) is 123 Å². The van der Waals surface area contributed by atoms with Crippen molar-refractivity contribution in [1.82, 2.24) is 36.8 Å². The summed E-state index contributed by atoms with van der Waals surface area (Å²) in [6.45, 7) is 14.7. The largest absolute Gasteiger partial charge is 0.467 e. The lowest BCUT2D eigenvalue weighted by molar-refractivity contribution is -0.153. The predicted molar refractivity (Wildman–Crippen MR) is 263 cm³/mol. The van der Waals surface area contributed by atoms with Gasteiger partial charge in [-0.2, -0.15) is 13.2 Å². The summed E-state index contributed by atoms with van der Waals surface area (Å²) in [5, 5.41) is 15.3. The molecule has 73 heavy (non-hydrogen) atoms. The van der Waals surface area contributed by atoms with Gasteiger partial charge in [-0.3, -0.25) is 19.2 Å². The van der Waals surface area contributed by atoms with E-state index in [-0.39, 0.29) is 64.6 Å². The molecule has 1 aliphatic rings. The minimum Gasteiger partial charge on any atom is -0.467 e. The number of benzene rings is 2. The summed E-state index contributed by atoms with van der Waals surface area (Å²) < 4.78 is 62.8. The fraction of sp³-hybridized carbons (Fsp3) is 0.608. The summed E-state index contributed by atoms with van der Waals surface area (Å²) in [5.74, 6) is -4.49. The van der Waals surface area contributed by atoms with Crippen LogP contribution in [0.1, 0.15) is 118 Å².